The van der Waals surface area contributed by atoms with Gasteiger partial charge in [-0.2, -0.15) is 11.3 Å². The predicted molar refractivity (Wildman–Crippen MR) is 90.6 cm³/mol. The lowest BCUT2D eigenvalue weighted by atomic mass is 9.97. The van der Waals surface area contributed by atoms with Crippen LogP contribution in [0.25, 0.3) is 0 Å². The summed E-state index contributed by atoms with van der Waals surface area (Å²) in [6.45, 7) is 3.26. The third kappa shape index (κ3) is 2.85. The normalized spacial score (nSPS) is 15.3. The topological polar surface area (TPSA) is 12.0 Å². The number of halogens is 1. The van der Waals surface area contributed by atoms with Gasteiger partial charge in [0, 0.05) is 9.85 Å². The summed E-state index contributed by atoms with van der Waals surface area (Å²) in [4.78, 5) is 0. The fourth-order valence-corrected chi connectivity index (χ4v) is 4.52. The van der Waals surface area contributed by atoms with Gasteiger partial charge >= 0.3 is 0 Å². The van der Waals surface area contributed by atoms with Crippen LogP contribution in [0.3, 0.4) is 0 Å². The van der Waals surface area contributed by atoms with E-state index < -0.39 is 0 Å². The zero-order chi connectivity index (χ0) is 13.9. The molecule has 20 heavy (non-hydrogen) atoms. The number of aryl methyl sites for hydroxylation is 2. The molecule has 1 aliphatic rings. The van der Waals surface area contributed by atoms with E-state index in [1.54, 1.807) is 22.5 Å². The minimum Gasteiger partial charge on any atom is -0.306 e. The van der Waals surface area contributed by atoms with Crippen molar-refractivity contribution in [1.29, 1.82) is 0 Å². The zero-order valence-electron chi connectivity index (χ0n) is 11.8. The van der Waals surface area contributed by atoms with E-state index in [0.29, 0.717) is 6.04 Å². The summed E-state index contributed by atoms with van der Waals surface area (Å²) < 4.78 is 1.22. The van der Waals surface area contributed by atoms with Crippen LogP contribution in [0.5, 0.6) is 0 Å². The number of fused-ring (bicyclic) bond motifs is 1. The van der Waals surface area contributed by atoms with E-state index in [9.17, 15) is 0 Å². The molecule has 1 aromatic heterocycles. The Morgan fingerprint density at radius 3 is 2.85 bits per heavy atom. The van der Waals surface area contributed by atoms with Crippen molar-refractivity contribution in [1.82, 2.24) is 5.32 Å². The van der Waals surface area contributed by atoms with Crippen molar-refractivity contribution >= 4 is 27.3 Å². The predicted octanol–water partition coefficient (Wildman–Crippen LogP) is 5.09. The van der Waals surface area contributed by atoms with Crippen molar-refractivity contribution in [2.75, 3.05) is 6.54 Å². The molecule has 3 heteroatoms. The molecule has 0 radical (unpaired) electrons. The number of benzene rings is 1. The summed E-state index contributed by atoms with van der Waals surface area (Å²) in [6.07, 6.45) is 4.97. The highest BCUT2D eigenvalue weighted by Crippen LogP contribution is 2.33. The molecular formula is C17H20BrNS. The zero-order valence-corrected chi connectivity index (χ0v) is 14.2. The van der Waals surface area contributed by atoms with Gasteiger partial charge in [-0.1, -0.05) is 25.1 Å². The SMILES string of the molecule is CCCNC(c1ccc2c(c1)CCC2)c1cscc1Br. The minimum absolute atomic E-state index is 0.307. The van der Waals surface area contributed by atoms with Crippen LogP contribution in [0.1, 0.15) is 48.1 Å². The highest BCUT2D eigenvalue weighted by Gasteiger charge is 2.19. The van der Waals surface area contributed by atoms with Crippen molar-refractivity contribution in [3.05, 3.63) is 55.7 Å². The van der Waals surface area contributed by atoms with Gasteiger partial charge in [0.1, 0.15) is 0 Å². The summed E-state index contributed by atoms with van der Waals surface area (Å²) in [6, 6.07) is 7.36. The van der Waals surface area contributed by atoms with Gasteiger partial charge in [0.25, 0.3) is 0 Å². The Balaban J connectivity index is 1.94. The second-order valence-corrected chi connectivity index (χ2v) is 7.04. The average molecular weight is 350 g/mol. The first-order chi connectivity index (χ1) is 9.79. The number of hydrogen-bond donors (Lipinski definition) is 1. The first-order valence-electron chi connectivity index (χ1n) is 7.36. The minimum atomic E-state index is 0.307. The Bertz CT molecular complexity index is 590. The molecule has 0 fully saturated rings. The molecule has 0 aliphatic heterocycles. The Morgan fingerprint density at radius 1 is 1.25 bits per heavy atom. The Labute approximate surface area is 133 Å². The van der Waals surface area contributed by atoms with E-state index in [1.165, 1.54) is 34.9 Å². The van der Waals surface area contributed by atoms with Crippen LogP contribution >= 0.6 is 27.3 Å². The van der Waals surface area contributed by atoms with E-state index in [1.807, 2.05) is 0 Å². The molecule has 1 unspecified atom stereocenters. The van der Waals surface area contributed by atoms with Gasteiger partial charge in [-0.25, -0.2) is 0 Å². The van der Waals surface area contributed by atoms with Gasteiger partial charge in [0.2, 0.25) is 0 Å². The van der Waals surface area contributed by atoms with Crippen molar-refractivity contribution < 1.29 is 0 Å². The van der Waals surface area contributed by atoms with Crippen molar-refractivity contribution in [3.63, 3.8) is 0 Å². The monoisotopic (exact) mass is 349 g/mol. The molecule has 1 aromatic carbocycles. The smallest absolute Gasteiger partial charge is 0.0596 e. The largest absolute Gasteiger partial charge is 0.306 e. The van der Waals surface area contributed by atoms with Gasteiger partial charge in [-0.05, 0) is 75.8 Å². The third-order valence-corrected chi connectivity index (χ3v) is 5.76. The van der Waals surface area contributed by atoms with E-state index in [4.69, 9.17) is 0 Å². The third-order valence-electron chi connectivity index (χ3n) is 4.01. The lowest BCUT2D eigenvalue weighted by Crippen LogP contribution is -2.23. The summed E-state index contributed by atoms with van der Waals surface area (Å²) in [7, 11) is 0. The van der Waals surface area contributed by atoms with Crippen LogP contribution in [0.2, 0.25) is 0 Å². The number of nitrogens with one attached hydrogen (secondary N) is 1. The fraction of sp³-hybridized carbons (Fsp3) is 0.412. The molecule has 1 nitrogen and oxygen atoms in total. The van der Waals surface area contributed by atoms with Gasteiger partial charge in [0.05, 0.1) is 6.04 Å². The molecule has 0 amide bonds. The second-order valence-electron chi connectivity index (χ2n) is 5.44. The van der Waals surface area contributed by atoms with Crippen LogP contribution in [-0.2, 0) is 12.8 Å². The quantitative estimate of drug-likeness (QED) is 0.792. The highest BCUT2D eigenvalue weighted by atomic mass is 79.9. The molecule has 0 saturated carbocycles. The van der Waals surface area contributed by atoms with Gasteiger partial charge < -0.3 is 5.32 Å². The first kappa shape index (κ1) is 14.3. The second kappa shape index (κ2) is 6.42. The maximum atomic E-state index is 3.70. The van der Waals surface area contributed by atoms with Crippen molar-refractivity contribution in [2.24, 2.45) is 0 Å². The maximum absolute atomic E-state index is 3.70. The van der Waals surface area contributed by atoms with Crippen LogP contribution in [-0.4, -0.2) is 6.54 Å². The Morgan fingerprint density at radius 2 is 2.10 bits per heavy atom. The van der Waals surface area contributed by atoms with E-state index in [-0.39, 0.29) is 0 Å². The molecule has 1 atom stereocenters. The molecule has 0 bridgehead atoms. The van der Waals surface area contributed by atoms with Gasteiger partial charge in [-0.15, -0.1) is 0 Å². The van der Waals surface area contributed by atoms with Crippen molar-refractivity contribution in [2.45, 2.75) is 38.6 Å². The van der Waals surface area contributed by atoms with E-state index in [0.717, 1.165) is 13.0 Å². The van der Waals surface area contributed by atoms with Gasteiger partial charge in [-0.3, -0.25) is 0 Å². The summed E-state index contributed by atoms with van der Waals surface area (Å²) >= 11 is 5.45. The molecule has 106 valence electrons. The van der Waals surface area contributed by atoms with Crippen LogP contribution < -0.4 is 5.32 Å². The number of rotatable bonds is 5. The number of thiophene rings is 1. The Hall–Kier alpha value is -0.640. The molecule has 3 rings (SSSR count). The van der Waals surface area contributed by atoms with E-state index in [2.05, 4.69) is 57.1 Å². The molecule has 1 aliphatic carbocycles. The van der Waals surface area contributed by atoms with E-state index >= 15 is 0 Å². The van der Waals surface area contributed by atoms with Crippen molar-refractivity contribution in [3.8, 4) is 0 Å². The number of hydrogen-bond acceptors (Lipinski definition) is 2. The maximum Gasteiger partial charge on any atom is 0.0596 e. The highest BCUT2D eigenvalue weighted by molar-refractivity contribution is 9.10. The van der Waals surface area contributed by atoms with Crippen LogP contribution in [0.15, 0.2) is 33.4 Å². The molecular weight excluding hydrogens is 330 g/mol. The fourth-order valence-electron chi connectivity index (χ4n) is 2.96. The standard InChI is InChI=1S/C17H20BrNS/c1-2-8-19-17(15-10-20-11-16(15)18)14-7-6-12-4-3-5-13(12)9-14/h6-7,9-11,17,19H,2-5,8H2,1H3. The summed E-state index contributed by atoms with van der Waals surface area (Å²) in [5.41, 5.74) is 5.86. The molecule has 1 heterocycles. The molecule has 1 N–H and O–H groups in total. The van der Waals surface area contributed by atoms with Crippen LogP contribution in [0, 0.1) is 0 Å². The lowest BCUT2D eigenvalue weighted by molar-refractivity contribution is 0.598. The summed E-state index contributed by atoms with van der Waals surface area (Å²) in [5, 5.41) is 8.12. The first-order valence-corrected chi connectivity index (χ1v) is 9.10. The molecule has 2 aromatic rings. The molecule has 0 saturated heterocycles. The lowest BCUT2D eigenvalue weighted by Gasteiger charge is -2.20. The Kier molecular flexibility index (Phi) is 4.59. The summed E-state index contributed by atoms with van der Waals surface area (Å²) in [5.74, 6) is 0. The van der Waals surface area contributed by atoms with Crippen LogP contribution in [0.4, 0.5) is 0 Å². The van der Waals surface area contributed by atoms with Gasteiger partial charge in [0.15, 0.2) is 0 Å². The molecule has 0 spiro atoms. The average Bonchev–Trinajstić information content (AvgIpc) is 3.08.